The number of rotatable bonds is 2. The van der Waals surface area contributed by atoms with Gasteiger partial charge in [0.25, 0.3) is 0 Å². The smallest absolute Gasteiger partial charge is 0.117 e. The molecule has 1 N–H and O–H groups in total. The number of aliphatic hydroxyl groups excluding tert-OH is 1. The van der Waals surface area contributed by atoms with Crippen LogP contribution in [0.15, 0.2) is 11.8 Å². The molecule has 0 radical (unpaired) electrons. The van der Waals surface area contributed by atoms with Gasteiger partial charge in [-0.1, -0.05) is 13.8 Å². The number of hydrogen-bond acceptors (Lipinski definition) is 3. The van der Waals surface area contributed by atoms with Gasteiger partial charge in [0, 0.05) is 13.1 Å². The molecule has 3 heteroatoms. The normalized spacial score (nSPS) is 19.2. The van der Waals surface area contributed by atoms with E-state index in [-0.39, 0.29) is 6.10 Å². The van der Waals surface area contributed by atoms with E-state index >= 15 is 0 Å². The van der Waals surface area contributed by atoms with E-state index in [1.54, 1.807) is 0 Å². The number of likely N-dealkylation sites (tertiary alicyclic amines) is 1. The molecule has 1 heterocycles. The lowest BCUT2D eigenvalue weighted by atomic mass is 10.1. The molecule has 0 bridgehead atoms. The number of aliphatic hydroxyl groups is 1. The van der Waals surface area contributed by atoms with Crippen molar-refractivity contribution in [3.05, 3.63) is 11.8 Å². The van der Waals surface area contributed by atoms with Crippen LogP contribution >= 0.6 is 0 Å². The second kappa shape index (κ2) is 3.59. The molecular formula is C9H14N2O. The minimum atomic E-state index is -0.242. The van der Waals surface area contributed by atoms with Crippen LogP contribution in [0.1, 0.15) is 13.8 Å². The van der Waals surface area contributed by atoms with Crippen molar-refractivity contribution in [2.45, 2.75) is 20.0 Å². The first-order valence-corrected chi connectivity index (χ1v) is 4.18. The molecule has 1 rings (SSSR count). The van der Waals surface area contributed by atoms with Gasteiger partial charge in [0.2, 0.25) is 0 Å². The molecule has 1 fully saturated rings. The molecule has 1 aliphatic heterocycles. The zero-order valence-electron chi connectivity index (χ0n) is 7.49. The molecule has 0 aromatic carbocycles. The Balaban J connectivity index is 2.54. The average Bonchev–Trinajstić information content (AvgIpc) is 1.94. The molecule has 66 valence electrons. The minimum absolute atomic E-state index is 0.242. The van der Waals surface area contributed by atoms with Crippen molar-refractivity contribution >= 4 is 0 Å². The summed E-state index contributed by atoms with van der Waals surface area (Å²) in [5, 5.41) is 17.8. The summed E-state index contributed by atoms with van der Waals surface area (Å²) in [4.78, 5) is 1.89. The number of nitrogens with zero attached hydrogens (tertiary/aromatic N) is 2. The first-order chi connectivity index (χ1) is 5.63. The lowest BCUT2D eigenvalue weighted by Crippen LogP contribution is -2.49. The summed E-state index contributed by atoms with van der Waals surface area (Å²) >= 11 is 0. The first kappa shape index (κ1) is 9.08. The fourth-order valence-corrected chi connectivity index (χ4v) is 1.18. The molecular weight excluding hydrogens is 152 g/mol. The Labute approximate surface area is 72.9 Å². The van der Waals surface area contributed by atoms with Gasteiger partial charge < -0.3 is 10.0 Å². The van der Waals surface area contributed by atoms with E-state index in [2.05, 4.69) is 6.07 Å². The van der Waals surface area contributed by atoms with E-state index in [1.807, 2.05) is 24.8 Å². The SMILES string of the molecule is CC(C)C=C(C#N)N1CC(O)C1. The van der Waals surface area contributed by atoms with Crippen molar-refractivity contribution in [3.8, 4) is 6.07 Å². The van der Waals surface area contributed by atoms with Gasteiger partial charge in [-0.05, 0) is 12.0 Å². The molecule has 1 aliphatic rings. The Kier molecular flexibility index (Phi) is 2.72. The maximum absolute atomic E-state index is 9.02. The molecule has 0 amide bonds. The summed E-state index contributed by atoms with van der Waals surface area (Å²) in [6.45, 7) is 5.28. The van der Waals surface area contributed by atoms with Crippen molar-refractivity contribution < 1.29 is 5.11 Å². The van der Waals surface area contributed by atoms with Gasteiger partial charge in [-0.3, -0.25) is 0 Å². The van der Waals surface area contributed by atoms with E-state index < -0.39 is 0 Å². The third-order valence-corrected chi connectivity index (χ3v) is 1.81. The van der Waals surface area contributed by atoms with Crippen molar-refractivity contribution in [2.75, 3.05) is 13.1 Å². The van der Waals surface area contributed by atoms with Crippen molar-refractivity contribution in [1.82, 2.24) is 4.90 Å². The lowest BCUT2D eigenvalue weighted by Gasteiger charge is -2.37. The van der Waals surface area contributed by atoms with Gasteiger partial charge >= 0.3 is 0 Å². The molecule has 0 unspecified atom stereocenters. The highest BCUT2D eigenvalue weighted by Crippen LogP contribution is 2.16. The summed E-state index contributed by atoms with van der Waals surface area (Å²) in [6, 6.07) is 2.13. The van der Waals surface area contributed by atoms with Crippen LogP contribution in [0, 0.1) is 17.2 Å². The fourth-order valence-electron chi connectivity index (χ4n) is 1.18. The molecule has 0 aromatic heterocycles. The Morgan fingerprint density at radius 2 is 2.25 bits per heavy atom. The van der Waals surface area contributed by atoms with Crippen LogP contribution in [-0.2, 0) is 0 Å². The van der Waals surface area contributed by atoms with Crippen LogP contribution in [0.5, 0.6) is 0 Å². The van der Waals surface area contributed by atoms with Gasteiger partial charge in [0.1, 0.15) is 11.8 Å². The van der Waals surface area contributed by atoms with E-state index in [9.17, 15) is 0 Å². The van der Waals surface area contributed by atoms with E-state index in [4.69, 9.17) is 10.4 Å². The second-order valence-corrected chi connectivity index (χ2v) is 3.47. The summed E-state index contributed by atoms with van der Waals surface area (Å²) in [6.07, 6.45) is 1.68. The number of nitriles is 1. The molecule has 0 spiro atoms. The average molecular weight is 166 g/mol. The minimum Gasteiger partial charge on any atom is -0.389 e. The molecule has 3 nitrogen and oxygen atoms in total. The quantitative estimate of drug-likeness (QED) is 0.615. The van der Waals surface area contributed by atoms with Gasteiger partial charge in [-0.15, -0.1) is 0 Å². The zero-order valence-corrected chi connectivity index (χ0v) is 7.49. The van der Waals surface area contributed by atoms with E-state index in [0.717, 1.165) is 0 Å². The topological polar surface area (TPSA) is 47.3 Å². The van der Waals surface area contributed by atoms with Crippen LogP contribution in [-0.4, -0.2) is 29.2 Å². The van der Waals surface area contributed by atoms with Crippen LogP contribution in [0.2, 0.25) is 0 Å². The first-order valence-electron chi connectivity index (χ1n) is 4.18. The van der Waals surface area contributed by atoms with Crippen LogP contribution in [0.4, 0.5) is 0 Å². The van der Waals surface area contributed by atoms with Crippen molar-refractivity contribution in [2.24, 2.45) is 5.92 Å². The third-order valence-electron chi connectivity index (χ3n) is 1.81. The summed E-state index contributed by atoms with van der Waals surface area (Å²) in [7, 11) is 0. The predicted octanol–water partition coefficient (Wildman–Crippen LogP) is 0.726. The largest absolute Gasteiger partial charge is 0.389 e. The Hall–Kier alpha value is -1.01. The van der Waals surface area contributed by atoms with Crippen LogP contribution in [0.25, 0.3) is 0 Å². The fraction of sp³-hybridized carbons (Fsp3) is 0.667. The number of β-amino-alcohol motifs (C(OH)–C–C–N with tert-alkyl or cyclic N) is 1. The maximum Gasteiger partial charge on any atom is 0.117 e. The van der Waals surface area contributed by atoms with Gasteiger partial charge in [-0.2, -0.15) is 5.26 Å². The van der Waals surface area contributed by atoms with Gasteiger partial charge in [-0.25, -0.2) is 0 Å². The summed E-state index contributed by atoms with van der Waals surface area (Å²) in [5.74, 6) is 0.386. The Morgan fingerprint density at radius 3 is 2.58 bits per heavy atom. The molecule has 0 aliphatic carbocycles. The summed E-state index contributed by atoms with van der Waals surface area (Å²) < 4.78 is 0. The van der Waals surface area contributed by atoms with Crippen molar-refractivity contribution in [3.63, 3.8) is 0 Å². The van der Waals surface area contributed by atoms with E-state index in [0.29, 0.717) is 24.7 Å². The Bertz CT molecular complexity index is 221. The lowest BCUT2D eigenvalue weighted by molar-refractivity contribution is 0.0274. The maximum atomic E-state index is 9.02. The monoisotopic (exact) mass is 166 g/mol. The molecule has 0 atom stereocenters. The van der Waals surface area contributed by atoms with Crippen LogP contribution < -0.4 is 0 Å². The highest BCUT2D eigenvalue weighted by molar-refractivity contribution is 5.22. The Morgan fingerprint density at radius 1 is 1.67 bits per heavy atom. The molecule has 1 saturated heterocycles. The number of allylic oxidation sites excluding steroid dienone is 2. The van der Waals surface area contributed by atoms with Crippen LogP contribution in [0.3, 0.4) is 0 Å². The standard InChI is InChI=1S/C9H14N2O/c1-7(2)3-8(4-10)11-5-9(12)6-11/h3,7,9,12H,5-6H2,1-2H3. The second-order valence-electron chi connectivity index (χ2n) is 3.47. The van der Waals surface area contributed by atoms with Crippen molar-refractivity contribution in [1.29, 1.82) is 5.26 Å². The predicted molar refractivity (Wildman–Crippen MR) is 46.1 cm³/mol. The summed E-state index contributed by atoms with van der Waals surface area (Å²) in [5.41, 5.74) is 0.690. The van der Waals surface area contributed by atoms with Gasteiger partial charge in [0.05, 0.1) is 6.10 Å². The molecule has 0 aromatic rings. The molecule has 0 saturated carbocycles. The van der Waals surface area contributed by atoms with Gasteiger partial charge in [0.15, 0.2) is 0 Å². The highest BCUT2D eigenvalue weighted by atomic mass is 16.3. The molecule has 12 heavy (non-hydrogen) atoms. The van der Waals surface area contributed by atoms with E-state index in [1.165, 1.54) is 0 Å². The third kappa shape index (κ3) is 1.99. The zero-order chi connectivity index (χ0) is 9.14. The number of hydrogen-bond donors (Lipinski definition) is 1. The highest BCUT2D eigenvalue weighted by Gasteiger charge is 2.25.